The van der Waals surface area contributed by atoms with E-state index in [9.17, 15) is 14.4 Å². The van der Waals surface area contributed by atoms with Gasteiger partial charge in [-0.15, -0.1) is 0 Å². The summed E-state index contributed by atoms with van der Waals surface area (Å²) in [5, 5.41) is 14.0. The lowest BCUT2D eigenvalue weighted by atomic mass is 9.76. The van der Waals surface area contributed by atoms with E-state index < -0.39 is 5.97 Å². The number of rotatable bonds is 12. The molecule has 146 valence electrons. The van der Waals surface area contributed by atoms with Gasteiger partial charge in [0.2, 0.25) is 11.8 Å². The third-order valence-electron chi connectivity index (χ3n) is 5.41. The molecule has 0 aliphatic carbocycles. The van der Waals surface area contributed by atoms with Crippen LogP contribution >= 0.6 is 0 Å². The number of amides is 2. The van der Waals surface area contributed by atoms with Crippen molar-refractivity contribution in [3.05, 3.63) is 12.7 Å². The Morgan fingerprint density at radius 2 is 1.73 bits per heavy atom. The number of carboxylic acid groups (broad SMARTS) is 1. The maximum absolute atomic E-state index is 11.9. The number of fused-ring (bicyclic) bond motifs is 2. The number of ether oxygens (including phenoxy) is 1. The van der Waals surface area contributed by atoms with Crippen LogP contribution in [-0.2, 0) is 19.1 Å². The first kappa shape index (κ1) is 20.4. The molecule has 2 saturated heterocycles. The Kier molecular flexibility index (Phi) is 8.09. The Morgan fingerprint density at radius 3 is 2.42 bits per heavy atom. The molecule has 2 aliphatic heterocycles. The first-order valence-corrected chi connectivity index (χ1v) is 9.55. The van der Waals surface area contributed by atoms with Gasteiger partial charge in [0.15, 0.2) is 0 Å². The quantitative estimate of drug-likeness (QED) is 0.360. The standard InChI is InChI=1S/C19H30N2O5/c1-2-17(22)21-12-18(23)20-11-14-13(15-9-10-16(14)26-15)7-5-3-4-6-8-19(24)25/h2,13-16H,1,3-12H2,(H,20,23)(H,21,22)(H,24,25). The van der Waals surface area contributed by atoms with Crippen LogP contribution in [0.4, 0.5) is 0 Å². The van der Waals surface area contributed by atoms with Crippen LogP contribution in [0.2, 0.25) is 0 Å². The summed E-state index contributed by atoms with van der Waals surface area (Å²) in [5.41, 5.74) is 0. The van der Waals surface area contributed by atoms with E-state index in [1.807, 2.05) is 0 Å². The fraction of sp³-hybridized carbons (Fsp3) is 0.737. The fourth-order valence-electron chi connectivity index (χ4n) is 4.10. The first-order valence-electron chi connectivity index (χ1n) is 9.55. The number of carboxylic acids is 1. The smallest absolute Gasteiger partial charge is 0.303 e. The van der Waals surface area contributed by atoms with Gasteiger partial charge in [-0.25, -0.2) is 0 Å². The second kappa shape index (κ2) is 10.3. The minimum absolute atomic E-state index is 0.0409. The molecule has 7 heteroatoms. The lowest BCUT2D eigenvalue weighted by Crippen LogP contribution is -2.42. The molecule has 2 aliphatic rings. The third kappa shape index (κ3) is 6.12. The Labute approximate surface area is 154 Å². The highest BCUT2D eigenvalue weighted by Crippen LogP contribution is 2.45. The van der Waals surface area contributed by atoms with E-state index in [4.69, 9.17) is 9.84 Å². The number of unbranched alkanes of at least 4 members (excludes halogenated alkanes) is 3. The van der Waals surface area contributed by atoms with Gasteiger partial charge in [0.05, 0.1) is 18.8 Å². The molecule has 2 bridgehead atoms. The van der Waals surface area contributed by atoms with E-state index in [-0.39, 0.29) is 30.9 Å². The van der Waals surface area contributed by atoms with Gasteiger partial charge in [0.25, 0.3) is 0 Å². The lowest BCUT2D eigenvalue weighted by Gasteiger charge is -2.28. The summed E-state index contributed by atoms with van der Waals surface area (Å²) in [6, 6.07) is 0. The summed E-state index contributed by atoms with van der Waals surface area (Å²) in [5.74, 6) is -0.505. The molecule has 2 fully saturated rings. The maximum atomic E-state index is 11.9. The van der Waals surface area contributed by atoms with Crippen molar-refractivity contribution < 1.29 is 24.2 Å². The van der Waals surface area contributed by atoms with E-state index in [1.165, 1.54) is 0 Å². The molecular formula is C19H30N2O5. The van der Waals surface area contributed by atoms with Crippen molar-refractivity contribution in [2.75, 3.05) is 13.1 Å². The number of hydrogen-bond acceptors (Lipinski definition) is 4. The van der Waals surface area contributed by atoms with Crippen molar-refractivity contribution >= 4 is 17.8 Å². The normalized spacial score (nSPS) is 26.5. The summed E-state index contributed by atoms with van der Waals surface area (Å²) in [6.07, 6.45) is 8.88. The summed E-state index contributed by atoms with van der Waals surface area (Å²) in [6.45, 7) is 3.89. The van der Waals surface area contributed by atoms with E-state index in [1.54, 1.807) is 0 Å². The molecule has 0 aromatic carbocycles. The summed E-state index contributed by atoms with van der Waals surface area (Å²) < 4.78 is 6.04. The second-order valence-corrected chi connectivity index (χ2v) is 7.19. The Morgan fingerprint density at radius 1 is 1.04 bits per heavy atom. The Hall–Kier alpha value is -1.89. The average Bonchev–Trinajstić information content (AvgIpc) is 3.22. The molecular weight excluding hydrogens is 336 g/mol. The van der Waals surface area contributed by atoms with Gasteiger partial charge in [0, 0.05) is 18.9 Å². The zero-order valence-corrected chi connectivity index (χ0v) is 15.2. The molecule has 0 aromatic heterocycles. The summed E-state index contributed by atoms with van der Waals surface area (Å²) in [4.78, 5) is 33.5. The van der Waals surface area contributed by atoms with Crippen LogP contribution in [0.1, 0.15) is 51.4 Å². The Balaban J connectivity index is 1.68. The SMILES string of the molecule is C=CC(=O)NCC(=O)NCC1C2CCC(O2)C1CCCCCCC(=O)O. The van der Waals surface area contributed by atoms with Crippen LogP contribution < -0.4 is 10.6 Å². The van der Waals surface area contributed by atoms with Crippen LogP contribution in [-0.4, -0.2) is 48.2 Å². The molecule has 2 rings (SSSR count). The fourth-order valence-corrected chi connectivity index (χ4v) is 4.10. The molecule has 2 heterocycles. The largest absolute Gasteiger partial charge is 0.481 e. The number of aliphatic carboxylic acids is 1. The molecule has 2 amide bonds. The highest BCUT2D eigenvalue weighted by molar-refractivity contribution is 5.90. The number of hydrogen-bond donors (Lipinski definition) is 3. The molecule has 7 nitrogen and oxygen atoms in total. The van der Waals surface area contributed by atoms with Gasteiger partial charge in [-0.05, 0) is 37.7 Å². The van der Waals surface area contributed by atoms with Gasteiger partial charge in [-0.3, -0.25) is 14.4 Å². The van der Waals surface area contributed by atoms with Gasteiger partial charge in [-0.1, -0.05) is 25.8 Å². The Bertz CT molecular complexity index is 522. The van der Waals surface area contributed by atoms with Crippen LogP contribution in [0, 0.1) is 11.8 Å². The summed E-state index contributed by atoms with van der Waals surface area (Å²) in [7, 11) is 0. The van der Waals surface area contributed by atoms with E-state index in [0.29, 0.717) is 24.5 Å². The third-order valence-corrected chi connectivity index (χ3v) is 5.41. The monoisotopic (exact) mass is 366 g/mol. The van der Waals surface area contributed by atoms with Crippen molar-refractivity contribution in [1.29, 1.82) is 0 Å². The van der Waals surface area contributed by atoms with Crippen molar-refractivity contribution in [3.63, 3.8) is 0 Å². The second-order valence-electron chi connectivity index (χ2n) is 7.19. The van der Waals surface area contributed by atoms with Gasteiger partial charge in [0.1, 0.15) is 0 Å². The molecule has 26 heavy (non-hydrogen) atoms. The first-order chi connectivity index (χ1) is 12.5. The minimum atomic E-state index is -0.730. The lowest BCUT2D eigenvalue weighted by molar-refractivity contribution is -0.137. The molecule has 4 atom stereocenters. The van der Waals surface area contributed by atoms with Gasteiger partial charge < -0.3 is 20.5 Å². The number of carbonyl (C=O) groups excluding carboxylic acids is 2. The van der Waals surface area contributed by atoms with E-state index in [2.05, 4.69) is 17.2 Å². The molecule has 4 unspecified atom stereocenters. The summed E-state index contributed by atoms with van der Waals surface area (Å²) >= 11 is 0. The predicted molar refractivity (Wildman–Crippen MR) is 96.4 cm³/mol. The van der Waals surface area contributed by atoms with Gasteiger partial charge >= 0.3 is 5.97 Å². The number of nitrogens with one attached hydrogen (secondary N) is 2. The zero-order chi connectivity index (χ0) is 18.9. The number of carbonyl (C=O) groups is 3. The van der Waals surface area contributed by atoms with E-state index in [0.717, 1.165) is 51.0 Å². The maximum Gasteiger partial charge on any atom is 0.303 e. The molecule has 0 aromatic rings. The molecule has 0 spiro atoms. The van der Waals surface area contributed by atoms with Crippen molar-refractivity contribution in [2.45, 2.75) is 63.6 Å². The van der Waals surface area contributed by atoms with E-state index >= 15 is 0 Å². The average molecular weight is 366 g/mol. The highest BCUT2D eigenvalue weighted by atomic mass is 16.5. The van der Waals surface area contributed by atoms with Crippen LogP contribution in [0.3, 0.4) is 0 Å². The molecule has 0 saturated carbocycles. The molecule has 3 N–H and O–H groups in total. The zero-order valence-electron chi connectivity index (χ0n) is 15.2. The van der Waals surface area contributed by atoms with Crippen LogP contribution in [0.25, 0.3) is 0 Å². The van der Waals surface area contributed by atoms with Crippen molar-refractivity contribution in [3.8, 4) is 0 Å². The molecule has 0 radical (unpaired) electrons. The van der Waals surface area contributed by atoms with Gasteiger partial charge in [-0.2, -0.15) is 0 Å². The predicted octanol–water partition coefficient (Wildman–Crippen LogP) is 1.62. The minimum Gasteiger partial charge on any atom is -0.481 e. The van der Waals surface area contributed by atoms with Crippen LogP contribution in [0.15, 0.2) is 12.7 Å². The van der Waals surface area contributed by atoms with Crippen molar-refractivity contribution in [2.24, 2.45) is 11.8 Å². The van der Waals surface area contributed by atoms with Crippen molar-refractivity contribution in [1.82, 2.24) is 10.6 Å². The highest BCUT2D eigenvalue weighted by Gasteiger charge is 2.48. The van der Waals surface area contributed by atoms with Crippen LogP contribution in [0.5, 0.6) is 0 Å². The topological polar surface area (TPSA) is 105 Å².